The maximum Gasteiger partial charge on any atom is 0.235 e. The van der Waals surface area contributed by atoms with Gasteiger partial charge in [-0.25, -0.2) is 4.98 Å². The maximum absolute atomic E-state index is 10.8. The van der Waals surface area contributed by atoms with E-state index in [1.807, 2.05) is 6.92 Å². The van der Waals surface area contributed by atoms with E-state index in [0.29, 0.717) is 0 Å². The predicted molar refractivity (Wildman–Crippen MR) is 97.2 cm³/mol. The first kappa shape index (κ1) is 16.1. The van der Waals surface area contributed by atoms with Crippen LogP contribution in [0, 0.1) is 5.92 Å². The molecular formula is C17H23N4OS2+. The Bertz CT molecular complexity index is 815. The summed E-state index contributed by atoms with van der Waals surface area (Å²) in [6, 6.07) is 4.48. The minimum atomic E-state index is 0.191. The van der Waals surface area contributed by atoms with Crippen molar-refractivity contribution < 1.29 is 10.0 Å². The first-order valence-electron chi connectivity index (χ1n) is 8.62. The highest BCUT2D eigenvalue weighted by molar-refractivity contribution is 7.17. The van der Waals surface area contributed by atoms with E-state index in [-0.39, 0.29) is 11.9 Å². The number of aromatic nitrogens is 3. The molecule has 1 atom stereocenters. The van der Waals surface area contributed by atoms with Crippen LogP contribution in [0.4, 0.5) is 0 Å². The van der Waals surface area contributed by atoms with Crippen LogP contribution in [0.1, 0.15) is 48.3 Å². The van der Waals surface area contributed by atoms with Crippen LogP contribution in [0.2, 0.25) is 0 Å². The monoisotopic (exact) mass is 363 g/mol. The van der Waals surface area contributed by atoms with E-state index in [1.54, 1.807) is 32.1 Å². The third-order valence-electron chi connectivity index (χ3n) is 4.97. The largest absolute Gasteiger partial charge is 0.492 e. The van der Waals surface area contributed by atoms with Crippen LogP contribution in [0.25, 0.3) is 4.96 Å². The zero-order chi connectivity index (χ0) is 16.7. The average Bonchev–Trinajstić information content (AvgIpc) is 3.29. The van der Waals surface area contributed by atoms with Crippen molar-refractivity contribution in [1.29, 1.82) is 0 Å². The standard InChI is InChI=1S/C17H22N4OS2/c1-3-13-18-17-21(19-13)16(22)15(24-17)14(12-5-4-10-23-12)20-8-6-11(2)7-9-20/h4-5,10-11,14,22H,3,6-9H2,1-2H3/p+1/t14-/m0/s1. The fourth-order valence-corrected chi connectivity index (χ4v) is 5.64. The van der Waals surface area contributed by atoms with Crippen molar-refractivity contribution in [3.63, 3.8) is 0 Å². The molecule has 128 valence electrons. The Morgan fingerprint density at radius 2 is 2.21 bits per heavy atom. The zero-order valence-electron chi connectivity index (χ0n) is 14.0. The van der Waals surface area contributed by atoms with Crippen LogP contribution in [-0.2, 0) is 6.42 Å². The van der Waals surface area contributed by atoms with Gasteiger partial charge in [-0.15, -0.1) is 16.4 Å². The molecule has 0 amide bonds. The maximum atomic E-state index is 10.8. The van der Waals surface area contributed by atoms with E-state index < -0.39 is 0 Å². The normalized spacial score (nSPS) is 22.9. The second-order valence-corrected chi connectivity index (χ2v) is 8.64. The molecule has 0 unspecified atom stereocenters. The van der Waals surface area contributed by atoms with Gasteiger partial charge in [0.05, 0.1) is 18.0 Å². The van der Waals surface area contributed by atoms with Gasteiger partial charge in [0.2, 0.25) is 10.8 Å². The van der Waals surface area contributed by atoms with Gasteiger partial charge < -0.3 is 10.0 Å². The Kier molecular flexibility index (Phi) is 4.32. The molecule has 1 saturated heterocycles. The van der Waals surface area contributed by atoms with Crippen molar-refractivity contribution in [3.8, 4) is 5.88 Å². The van der Waals surface area contributed by atoms with E-state index in [1.165, 1.54) is 17.7 Å². The first-order valence-corrected chi connectivity index (χ1v) is 10.3. The molecule has 2 N–H and O–H groups in total. The predicted octanol–water partition coefficient (Wildman–Crippen LogP) is 2.52. The summed E-state index contributed by atoms with van der Waals surface area (Å²) in [5.74, 6) is 1.86. The molecule has 5 nitrogen and oxygen atoms in total. The number of hydrogen-bond donors (Lipinski definition) is 2. The molecule has 24 heavy (non-hydrogen) atoms. The molecule has 0 radical (unpaired) electrons. The SMILES string of the molecule is CCc1nc2sc([C@H](c3cccs3)[NH+]3CCC(C)CC3)c(O)n2n1. The zero-order valence-corrected chi connectivity index (χ0v) is 15.7. The van der Waals surface area contributed by atoms with Gasteiger partial charge >= 0.3 is 0 Å². The number of aryl methyl sites for hydroxylation is 1. The summed E-state index contributed by atoms with van der Waals surface area (Å²) in [6.07, 6.45) is 3.28. The van der Waals surface area contributed by atoms with E-state index in [2.05, 4.69) is 34.5 Å². The molecule has 0 spiro atoms. The molecule has 7 heteroatoms. The molecule has 3 aromatic heterocycles. The summed E-state index contributed by atoms with van der Waals surface area (Å²) in [4.78, 5) is 9.20. The van der Waals surface area contributed by atoms with E-state index >= 15 is 0 Å². The van der Waals surface area contributed by atoms with Gasteiger partial charge in [-0.05, 0) is 30.2 Å². The van der Waals surface area contributed by atoms with Gasteiger partial charge in [0.15, 0.2) is 11.9 Å². The molecule has 0 bridgehead atoms. The number of aromatic hydroxyl groups is 1. The van der Waals surface area contributed by atoms with Gasteiger partial charge in [-0.1, -0.05) is 31.3 Å². The van der Waals surface area contributed by atoms with Crippen molar-refractivity contribution in [1.82, 2.24) is 14.6 Å². The van der Waals surface area contributed by atoms with Crippen molar-refractivity contribution in [2.75, 3.05) is 13.1 Å². The van der Waals surface area contributed by atoms with Gasteiger partial charge in [0.1, 0.15) is 4.88 Å². The Labute approximate surface area is 149 Å². The summed E-state index contributed by atoms with van der Waals surface area (Å²) in [5.41, 5.74) is 0. The summed E-state index contributed by atoms with van der Waals surface area (Å²) < 4.78 is 1.62. The molecular weight excluding hydrogens is 340 g/mol. The average molecular weight is 364 g/mol. The van der Waals surface area contributed by atoms with E-state index in [4.69, 9.17) is 0 Å². The molecule has 3 aromatic rings. The molecule has 1 aliphatic rings. The van der Waals surface area contributed by atoms with Crippen molar-refractivity contribution in [2.45, 2.75) is 39.2 Å². The summed E-state index contributed by atoms with van der Waals surface area (Å²) >= 11 is 3.36. The Hall–Kier alpha value is -1.44. The molecule has 0 aliphatic carbocycles. The van der Waals surface area contributed by atoms with Crippen LogP contribution in [0.15, 0.2) is 17.5 Å². The fourth-order valence-electron chi connectivity index (χ4n) is 3.52. The number of fused-ring (bicyclic) bond motifs is 1. The van der Waals surface area contributed by atoms with Gasteiger partial charge in [0.25, 0.3) is 0 Å². The van der Waals surface area contributed by atoms with Gasteiger partial charge in [0, 0.05) is 6.42 Å². The first-order chi connectivity index (χ1) is 11.7. The lowest BCUT2D eigenvalue weighted by atomic mass is 9.97. The summed E-state index contributed by atoms with van der Waals surface area (Å²) in [7, 11) is 0. The third-order valence-corrected chi connectivity index (χ3v) is 7.00. The number of quaternary nitrogens is 1. The second kappa shape index (κ2) is 6.46. The molecule has 4 heterocycles. The highest BCUT2D eigenvalue weighted by atomic mass is 32.1. The third kappa shape index (κ3) is 2.74. The minimum absolute atomic E-state index is 0.191. The lowest BCUT2D eigenvalue weighted by molar-refractivity contribution is -0.930. The number of nitrogens with zero attached hydrogens (tertiary/aromatic N) is 3. The highest BCUT2D eigenvalue weighted by Crippen LogP contribution is 2.36. The quantitative estimate of drug-likeness (QED) is 0.749. The van der Waals surface area contributed by atoms with Gasteiger partial charge in [-0.3, -0.25) is 0 Å². The van der Waals surface area contributed by atoms with E-state index in [9.17, 15) is 5.11 Å². The molecule has 0 aromatic carbocycles. The van der Waals surface area contributed by atoms with Crippen LogP contribution in [0.3, 0.4) is 0 Å². The van der Waals surface area contributed by atoms with Crippen molar-refractivity contribution in [2.24, 2.45) is 5.92 Å². The van der Waals surface area contributed by atoms with E-state index in [0.717, 1.165) is 41.1 Å². The molecule has 1 aliphatic heterocycles. The lowest BCUT2D eigenvalue weighted by Gasteiger charge is -2.32. The molecule has 1 fully saturated rings. The molecule has 4 rings (SSSR count). The smallest absolute Gasteiger partial charge is 0.235 e. The molecule has 0 saturated carbocycles. The second-order valence-electron chi connectivity index (χ2n) is 6.66. The number of likely N-dealkylation sites (tertiary alicyclic amines) is 1. The lowest BCUT2D eigenvalue weighted by Crippen LogP contribution is -3.13. The van der Waals surface area contributed by atoms with Crippen LogP contribution in [-0.4, -0.2) is 32.8 Å². The van der Waals surface area contributed by atoms with Gasteiger partial charge in [-0.2, -0.15) is 4.52 Å². The Balaban J connectivity index is 1.76. The van der Waals surface area contributed by atoms with Crippen molar-refractivity contribution in [3.05, 3.63) is 33.1 Å². The Morgan fingerprint density at radius 1 is 1.42 bits per heavy atom. The summed E-state index contributed by atoms with van der Waals surface area (Å²) in [5, 5.41) is 17.4. The highest BCUT2D eigenvalue weighted by Gasteiger charge is 2.35. The number of piperidine rings is 1. The van der Waals surface area contributed by atoms with Crippen LogP contribution >= 0.6 is 22.7 Å². The number of hydrogen-bond acceptors (Lipinski definition) is 5. The van der Waals surface area contributed by atoms with Crippen LogP contribution in [0.5, 0.6) is 5.88 Å². The number of rotatable bonds is 4. The number of nitrogens with one attached hydrogen (secondary N) is 1. The number of thiazole rings is 1. The number of thiophene rings is 1. The topological polar surface area (TPSA) is 54.9 Å². The van der Waals surface area contributed by atoms with Crippen molar-refractivity contribution >= 4 is 27.6 Å². The fraction of sp³-hybridized carbons (Fsp3) is 0.529. The Morgan fingerprint density at radius 3 is 2.83 bits per heavy atom. The minimum Gasteiger partial charge on any atom is -0.492 e. The summed E-state index contributed by atoms with van der Waals surface area (Å²) in [6.45, 7) is 6.67. The van der Waals surface area contributed by atoms with Crippen LogP contribution < -0.4 is 4.90 Å².